The molecule has 0 radical (unpaired) electrons. The van der Waals surface area contributed by atoms with Gasteiger partial charge in [-0.2, -0.15) is 0 Å². The van der Waals surface area contributed by atoms with E-state index in [4.69, 9.17) is 0 Å². The fourth-order valence-electron chi connectivity index (χ4n) is 2.26. The number of hydrogen-bond donors (Lipinski definition) is 0. The van der Waals surface area contributed by atoms with Crippen molar-refractivity contribution in [2.24, 2.45) is 11.8 Å². The maximum atomic E-state index is 2.38. The van der Waals surface area contributed by atoms with E-state index in [2.05, 4.69) is 37.3 Å². The van der Waals surface area contributed by atoms with Crippen molar-refractivity contribution in [3.8, 4) is 0 Å². The number of hydrogen-bond acceptors (Lipinski definition) is 0. The van der Waals surface area contributed by atoms with Crippen molar-refractivity contribution in [3.63, 3.8) is 0 Å². The molecule has 0 bridgehead atoms. The van der Waals surface area contributed by atoms with E-state index in [0.717, 1.165) is 18.3 Å². The van der Waals surface area contributed by atoms with Crippen LogP contribution in [0.25, 0.3) is 0 Å². The minimum atomic E-state index is 0.745. The lowest BCUT2D eigenvalue weighted by Crippen LogP contribution is -2.12. The summed E-state index contributed by atoms with van der Waals surface area (Å²) in [5.74, 6) is 1.63. The topological polar surface area (TPSA) is 0 Å². The molecule has 0 aliphatic heterocycles. The van der Waals surface area contributed by atoms with Crippen molar-refractivity contribution in [1.82, 2.24) is 0 Å². The van der Waals surface area contributed by atoms with Gasteiger partial charge in [0, 0.05) is 5.92 Å². The highest BCUT2D eigenvalue weighted by Crippen LogP contribution is 2.37. The molecule has 12 heavy (non-hydrogen) atoms. The molecule has 0 spiro atoms. The monoisotopic (exact) mass is 160 g/mol. The van der Waals surface area contributed by atoms with Crippen LogP contribution in [0.15, 0.2) is 36.0 Å². The van der Waals surface area contributed by atoms with E-state index in [0.29, 0.717) is 0 Å². The molecule has 0 aromatic carbocycles. The fourth-order valence-corrected chi connectivity index (χ4v) is 2.26. The third kappa shape index (κ3) is 1.26. The first-order valence-electron chi connectivity index (χ1n) is 4.95. The van der Waals surface area contributed by atoms with Crippen LogP contribution in [0.3, 0.4) is 0 Å². The van der Waals surface area contributed by atoms with Gasteiger partial charge in [-0.1, -0.05) is 37.3 Å². The van der Waals surface area contributed by atoms with Crippen LogP contribution in [0, 0.1) is 11.8 Å². The molecule has 0 aromatic rings. The van der Waals surface area contributed by atoms with Gasteiger partial charge in [0.2, 0.25) is 0 Å². The average Bonchev–Trinajstić information content (AvgIpc) is 2.53. The minimum Gasteiger partial charge on any atom is -0.0876 e. The zero-order valence-corrected chi connectivity index (χ0v) is 7.66. The largest absolute Gasteiger partial charge is 0.0876 e. The molecule has 0 fully saturated rings. The molecule has 0 amide bonds. The van der Waals surface area contributed by atoms with Crippen LogP contribution in [0.4, 0.5) is 0 Å². The van der Waals surface area contributed by atoms with Crippen molar-refractivity contribution < 1.29 is 0 Å². The second-order valence-electron chi connectivity index (χ2n) is 3.70. The summed E-state index contributed by atoms with van der Waals surface area (Å²) in [6.45, 7) is 2.21. The third-order valence-corrected chi connectivity index (χ3v) is 2.86. The summed E-state index contributed by atoms with van der Waals surface area (Å²) in [7, 11) is 0. The Morgan fingerprint density at radius 3 is 3.08 bits per heavy atom. The average molecular weight is 160 g/mol. The van der Waals surface area contributed by atoms with Crippen LogP contribution in [0.5, 0.6) is 0 Å². The molecule has 0 nitrogen and oxygen atoms in total. The van der Waals surface area contributed by atoms with Gasteiger partial charge in [0.25, 0.3) is 0 Å². The van der Waals surface area contributed by atoms with Gasteiger partial charge in [-0.25, -0.2) is 0 Å². The molecular formula is C12H16. The van der Waals surface area contributed by atoms with Gasteiger partial charge in [0.05, 0.1) is 0 Å². The fraction of sp³-hybridized carbons (Fsp3) is 0.500. The van der Waals surface area contributed by atoms with E-state index < -0.39 is 0 Å². The number of allylic oxidation sites excluding steroid dienone is 6. The maximum absolute atomic E-state index is 2.38. The third-order valence-electron chi connectivity index (χ3n) is 2.86. The van der Waals surface area contributed by atoms with Crippen molar-refractivity contribution >= 4 is 0 Å². The summed E-state index contributed by atoms with van der Waals surface area (Å²) < 4.78 is 0. The molecule has 2 aliphatic carbocycles. The zero-order chi connectivity index (χ0) is 8.39. The van der Waals surface area contributed by atoms with E-state index in [1.165, 1.54) is 12.8 Å². The Morgan fingerprint density at radius 1 is 1.42 bits per heavy atom. The lowest BCUT2D eigenvalue weighted by molar-refractivity contribution is 0.469. The van der Waals surface area contributed by atoms with E-state index >= 15 is 0 Å². The quantitative estimate of drug-likeness (QED) is 0.515. The number of fused-ring (bicyclic) bond motifs is 1. The molecular weight excluding hydrogens is 144 g/mol. The Labute approximate surface area is 74.7 Å². The summed E-state index contributed by atoms with van der Waals surface area (Å²) >= 11 is 0. The van der Waals surface area contributed by atoms with Crippen LogP contribution in [-0.2, 0) is 0 Å². The highest BCUT2D eigenvalue weighted by molar-refractivity contribution is 5.32. The predicted molar refractivity (Wildman–Crippen MR) is 52.9 cm³/mol. The molecule has 0 saturated carbocycles. The molecule has 64 valence electrons. The first-order chi connectivity index (χ1) is 5.92. The van der Waals surface area contributed by atoms with Gasteiger partial charge in [-0.05, 0) is 30.8 Å². The maximum Gasteiger partial charge on any atom is 0.00488 e. The van der Waals surface area contributed by atoms with E-state index in [-0.39, 0.29) is 0 Å². The molecule has 0 N–H and O–H groups in total. The van der Waals surface area contributed by atoms with Crippen molar-refractivity contribution in [2.45, 2.75) is 26.2 Å². The van der Waals surface area contributed by atoms with E-state index in [1.807, 2.05) is 0 Å². The summed E-state index contributed by atoms with van der Waals surface area (Å²) in [4.78, 5) is 0. The van der Waals surface area contributed by atoms with Crippen molar-refractivity contribution in [2.75, 3.05) is 0 Å². The standard InChI is InChI=1S/C12H16/c1-2-5-10-6-3-7-11-8-4-9-12(10)11/h3-6,9,11-12H,2,7-8H2,1H3. The van der Waals surface area contributed by atoms with Crippen LogP contribution >= 0.6 is 0 Å². The van der Waals surface area contributed by atoms with Gasteiger partial charge in [-0.15, -0.1) is 0 Å². The molecule has 0 saturated heterocycles. The second-order valence-corrected chi connectivity index (χ2v) is 3.70. The van der Waals surface area contributed by atoms with Crippen molar-refractivity contribution in [1.29, 1.82) is 0 Å². The zero-order valence-electron chi connectivity index (χ0n) is 7.66. The summed E-state index contributed by atoms with van der Waals surface area (Å²) in [5, 5.41) is 0. The Kier molecular flexibility index (Phi) is 2.16. The summed E-state index contributed by atoms with van der Waals surface area (Å²) in [6, 6.07) is 0. The van der Waals surface area contributed by atoms with Crippen LogP contribution in [-0.4, -0.2) is 0 Å². The Bertz CT molecular complexity index is 243. The van der Waals surface area contributed by atoms with Gasteiger partial charge in [0.15, 0.2) is 0 Å². The van der Waals surface area contributed by atoms with Gasteiger partial charge in [0.1, 0.15) is 0 Å². The molecule has 0 heteroatoms. The Balaban J connectivity index is 2.22. The Morgan fingerprint density at radius 2 is 2.25 bits per heavy atom. The first-order valence-corrected chi connectivity index (χ1v) is 4.95. The second kappa shape index (κ2) is 3.30. The Hall–Kier alpha value is -0.780. The predicted octanol–water partition coefficient (Wildman–Crippen LogP) is 3.48. The van der Waals surface area contributed by atoms with Crippen LogP contribution in [0.2, 0.25) is 0 Å². The lowest BCUT2D eigenvalue weighted by atomic mass is 9.81. The molecule has 2 atom stereocenters. The molecule has 0 heterocycles. The van der Waals surface area contributed by atoms with E-state index in [9.17, 15) is 0 Å². The SMILES string of the molecule is CCC=C1C=CCC2CC=CC12. The first kappa shape index (κ1) is 7.85. The molecule has 2 rings (SSSR count). The van der Waals surface area contributed by atoms with Crippen LogP contribution < -0.4 is 0 Å². The molecule has 2 aliphatic rings. The number of rotatable bonds is 1. The minimum absolute atomic E-state index is 0.745. The summed E-state index contributed by atoms with van der Waals surface area (Å²) in [5.41, 5.74) is 1.54. The van der Waals surface area contributed by atoms with Crippen molar-refractivity contribution in [3.05, 3.63) is 36.0 Å². The molecule has 2 unspecified atom stereocenters. The van der Waals surface area contributed by atoms with Gasteiger partial charge in [-0.3, -0.25) is 0 Å². The molecule has 0 aromatic heterocycles. The normalized spacial score (nSPS) is 35.9. The van der Waals surface area contributed by atoms with E-state index in [1.54, 1.807) is 5.57 Å². The highest BCUT2D eigenvalue weighted by Gasteiger charge is 2.25. The van der Waals surface area contributed by atoms with Gasteiger partial charge >= 0.3 is 0 Å². The smallest absolute Gasteiger partial charge is 0.00488 e. The lowest BCUT2D eigenvalue weighted by Gasteiger charge is -2.23. The van der Waals surface area contributed by atoms with Gasteiger partial charge < -0.3 is 0 Å². The highest BCUT2D eigenvalue weighted by atomic mass is 14.3. The van der Waals surface area contributed by atoms with Crippen LogP contribution in [0.1, 0.15) is 26.2 Å². The summed E-state index contributed by atoms with van der Waals surface area (Å²) in [6.07, 6.45) is 15.5.